The lowest BCUT2D eigenvalue weighted by molar-refractivity contribution is -0.182. The number of aliphatic hydroxyl groups is 3. The summed E-state index contributed by atoms with van der Waals surface area (Å²) in [5, 5.41) is 59.9. The van der Waals surface area contributed by atoms with Crippen molar-refractivity contribution in [2.75, 3.05) is 44.7 Å². The number of nitrogens with one attached hydrogen (secondary N) is 1. The van der Waals surface area contributed by atoms with Crippen molar-refractivity contribution in [2.45, 2.75) is 118 Å². The Morgan fingerprint density at radius 2 is 1.59 bits per heavy atom. The summed E-state index contributed by atoms with van der Waals surface area (Å²) in [4.78, 5) is 53.4. The molecule has 16 nitrogen and oxygen atoms in total. The quantitative estimate of drug-likeness (QED) is 0.116. The Kier molecular flexibility index (Phi) is 16.7. The van der Waals surface area contributed by atoms with Gasteiger partial charge in [-0.15, -0.1) is 12.6 Å². The maximum Gasteiger partial charge on any atom is 0.312 e. The number of aromatic hydroxyl groups is 2. The van der Waals surface area contributed by atoms with E-state index in [1.165, 1.54) is 46.3 Å². The first-order valence-corrected chi connectivity index (χ1v) is 24.1. The molecule has 2 unspecified atom stereocenters. The second-order valence-corrected chi connectivity index (χ2v) is 20.0. The predicted molar refractivity (Wildman–Crippen MR) is 266 cm³/mol. The number of benzene rings is 2. The standard InChI is InChI=1S/C52H70N4O12S/c1-25(2)24-55-17-19-56(20-18-55)34-22-35(58)43(37(69)23-34)53-41-29(6)42-47(62)39-38(41)40-49(32(9)46(39)61)68-52(11,50(40)63)66-21-16-36(65-12)28(5)48(67-33(10)57)31(8)45(60)30(7)44(59)26(3)14-13-15-27(4)51(64)54-42/h13-16,21-23,25-26,28,30-31,33,36,44-45,48,57-61,69H,17-20,24H2,1-12H3,(H,54,64)/b14-13+,21-16+,27-15-,53-41?/t26-,28+,30+,31+,33?,36-,44-,45+,48+,52?/m0/s1. The van der Waals surface area contributed by atoms with E-state index in [1.54, 1.807) is 58.9 Å². The Labute approximate surface area is 410 Å². The summed E-state index contributed by atoms with van der Waals surface area (Å²) in [6.07, 6.45) is 2.61. The predicted octanol–water partition coefficient (Wildman–Crippen LogP) is 6.52. The van der Waals surface area contributed by atoms with Gasteiger partial charge in [0.25, 0.3) is 11.7 Å². The van der Waals surface area contributed by atoms with Crippen LogP contribution in [0.4, 0.5) is 11.4 Å². The molecule has 2 aromatic carbocycles. The van der Waals surface area contributed by atoms with Crippen LogP contribution in [-0.2, 0) is 19.0 Å². The summed E-state index contributed by atoms with van der Waals surface area (Å²) < 4.78 is 24.3. The lowest BCUT2D eigenvalue weighted by Gasteiger charge is -2.39. The Morgan fingerprint density at radius 3 is 2.20 bits per heavy atom. The van der Waals surface area contributed by atoms with E-state index in [4.69, 9.17) is 36.6 Å². The fraction of sp³-hybridized carbons (Fsp3) is 0.538. The topological polar surface area (TPSA) is 220 Å². The average molecular weight is 975 g/mol. The van der Waals surface area contributed by atoms with Crippen LogP contribution in [0.3, 0.4) is 0 Å². The van der Waals surface area contributed by atoms with Gasteiger partial charge in [-0.25, -0.2) is 4.99 Å². The minimum absolute atomic E-state index is 0.0161. The van der Waals surface area contributed by atoms with Crippen LogP contribution >= 0.6 is 12.6 Å². The highest BCUT2D eigenvalue weighted by Crippen LogP contribution is 2.50. The van der Waals surface area contributed by atoms with Crippen LogP contribution in [0.25, 0.3) is 0 Å². The third-order valence-corrected chi connectivity index (χ3v) is 14.3. The highest BCUT2D eigenvalue weighted by atomic mass is 32.1. The van der Waals surface area contributed by atoms with Gasteiger partial charge in [0.2, 0.25) is 5.78 Å². The van der Waals surface area contributed by atoms with Crippen molar-refractivity contribution >= 4 is 47.2 Å². The van der Waals surface area contributed by atoms with E-state index in [0.29, 0.717) is 10.8 Å². The molecular formula is C52H70N4O12S. The first-order valence-electron chi connectivity index (χ1n) is 23.7. The van der Waals surface area contributed by atoms with Crippen LogP contribution in [0.5, 0.6) is 17.2 Å². The van der Waals surface area contributed by atoms with E-state index in [-0.39, 0.29) is 62.0 Å². The summed E-state index contributed by atoms with van der Waals surface area (Å²) >= 11 is 4.80. The number of allylic oxidation sites excluding steroid dienone is 4. The van der Waals surface area contributed by atoms with Crippen LogP contribution in [0.1, 0.15) is 101 Å². The molecule has 4 heterocycles. The van der Waals surface area contributed by atoms with Gasteiger partial charge in [0.15, 0.2) is 6.29 Å². The van der Waals surface area contributed by atoms with E-state index < -0.39 is 83.4 Å². The lowest BCUT2D eigenvalue weighted by atomic mass is 9.78. The number of ketones is 2. The lowest BCUT2D eigenvalue weighted by Crippen LogP contribution is -2.47. The molecule has 1 saturated heterocycles. The number of carbonyl (C=O) groups is 3. The van der Waals surface area contributed by atoms with Crippen molar-refractivity contribution in [2.24, 2.45) is 34.6 Å². The number of anilines is 1. The van der Waals surface area contributed by atoms with Gasteiger partial charge in [0, 0.05) is 109 Å². The summed E-state index contributed by atoms with van der Waals surface area (Å²) in [5.74, 6) is -6.91. The Hall–Kier alpha value is -5.01. The van der Waals surface area contributed by atoms with Crippen LogP contribution in [0.15, 0.2) is 69.4 Å². The van der Waals surface area contributed by atoms with E-state index in [1.807, 2.05) is 6.92 Å². The van der Waals surface area contributed by atoms with E-state index in [2.05, 4.69) is 29.0 Å². The molecule has 1 amide bonds. The number of rotatable bonds is 7. The van der Waals surface area contributed by atoms with Crippen LogP contribution in [-0.4, -0.2) is 130 Å². The minimum atomic E-state index is -2.06. The van der Waals surface area contributed by atoms with Crippen molar-refractivity contribution in [3.63, 3.8) is 0 Å². The van der Waals surface area contributed by atoms with Gasteiger partial charge in [-0.3, -0.25) is 19.3 Å². The molecule has 5 bridgehead atoms. The van der Waals surface area contributed by atoms with E-state index in [0.717, 1.165) is 38.4 Å². The molecule has 0 aromatic heterocycles. The number of fused-ring (bicyclic) bond motifs is 14. The van der Waals surface area contributed by atoms with Gasteiger partial charge < -0.3 is 54.7 Å². The van der Waals surface area contributed by atoms with Crippen molar-refractivity contribution in [3.05, 3.63) is 81.8 Å². The third kappa shape index (κ3) is 10.8. The molecule has 7 rings (SSSR count). The van der Waals surface area contributed by atoms with Crippen LogP contribution < -0.4 is 15.0 Å². The van der Waals surface area contributed by atoms with Gasteiger partial charge in [0.05, 0.1) is 53.2 Å². The molecule has 0 saturated carbocycles. The summed E-state index contributed by atoms with van der Waals surface area (Å²) in [6, 6.07) is 3.39. The number of thiol groups is 1. The molecule has 1 aliphatic carbocycles. The number of nitrogens with zero attached hydrogens (tertiary/aromatic N) is 3. The van der Waals surface area contributed by atoms with Crippen molar-refractivity contribution in [1.29, 1.82) is 0 Å². The molecule has 6 N–H and O–H groups in total. The molecule has 4 aliphatic heterocycles. The number of ether oxygens (including phenoxy) is 4. The van der Waals surface area contributed by atoms with Crippen molar-refractivity contribution in [3.8, 4) is 17.2 Å². The van der Waals surface area contributed by atoms with Gasteiger partial charge >= 0.3 is 5.79 Å². The molecule has 1 fully saturated rings. The molecule has 2 aromatic rings. The number of phenols is 2. The molecule has 0 radical (unpaired) electrons. The van der Waals surface area contributed by atoms with E-state index >= 15 is 0 Å². The molecular weight excluding hydrogens is 905 g/mol. The average Bonchev–Trinajstić information content (AvgIpc) is 3.56. The molecule has 376 valence electrons. The normalized spacial score (nSPS) is 31.3. The summed E-state index contributed by atoms with van der Waals surface area (Å²) in [5.41, 5.74) is 0.322. The van der Waals surface area contributed by atoms with Crippen molar-refractivity contribution < 1.29 is 58.9 Å². The number of phenolic OH excluding ortho intramolecular Hbond substituents is 2. The molecule has 17 heteroatoms. The number of hydrogen-bond donors (Lipinski definition) is 7. The number of aliphatic imine (C=N–C) groups is 1. The molecule has 0 spiro atoms. The second-order valence-electron chi connectivity index (χ2n) is 19.6. The fourth-order valence-corrected chi connectivity index (χ4v) is 10.1. The highest BCUT2D eigenvalue weighted by molar-refractivity contribution is 7.80. The van der Waals surface area contributed by atoms with E-state index in [9.17, 15) is 39.9 Å². The smallest absolute Gasteiger partial charge is 0.312 e. The van der Waals surface area contributed by atoms with Crippen LogP contribution in [0, 0.1) is 36.5 Å². The van der Waals surface area contributed by atoms with Gasteiger partial charge in [-0.05, 0) is 45.8 Å². The number of hydrogen-bond acceptors (Lipinski definition) is 16. The summed E-state index contributed by atoms with van der Waals surface area (Å²) in [6.45, 7) is 23.0. The molecule has 5 aliphatic rings. The molecule has 10 atom stereocenters. The SMILES string of the molecule is CO[C@H]1/C=C/OC2(C)Oc3c(C)c(O)c4c(c3C2=O)C(=Nc2c(O)cc(N3CCN(CC(C)C)CC3)cc2S)C(C)=C(NC(=O)/C(C)=C\C=C\[C@H](C)[C@H](O)[C@@H](C)[C@@H](O)[C@@H](C)[C@H](OC(C)O)[C@@H]1C)C4=O. The second kappa shape index (κ2) is 21.5. The number of carbonyl (C=O) groups excluding carboxylic acids is 3. The first-order chi connectivity index (χ1) is 32.4. The molecule has 69 heavy (non-hydrogen) atoms. The number of aliphatic hydroxyl groups excluding tert-OH is 3. The van der Waals surface area contributed by atoms with Gasteiger partial charge in [-0.2, -0.15) is 0 Å². The fourth-order valence-electron chi connectivity index (χ4n) is 9.77. The summed E-state index contributed by atoms with van der Waals surface area (Å²) in [7, 11) is 1.46. The third-order valence-electron chi connectivity index (χ3n) is 13.9. The first kappa shape index (κ1) is 53.3. The number of methoxy groups -OCH3 is 1. The van der Waals surface area contributed by atoms with Gasteiger partial charge in [-0.1, -0.05) is 59.8 Å². The maximum absolute atomic E-state index is 14.9. The Balaban J connectivity index is 1.51. The monoisotopic (exact) mass is 974 g/mol. The zero-order chi connectivity index (χ0) is 51.0. The number of amides is 1. The van der Waals surface area contributed by atoms with Crippen LogP contribution in [0.2, 0.25) is 0 Å². The minimum Gasteiger partial charge on any atom is -0.507 e. The zero-order valence-corrected chi connectivity index (χ0v) is 42.6. The van der Waals surface area contributed by atoms with Crippen molar-refractivity contribution in [1.82, 2.24) is 10.2 Å². The highest BCUT2D eigenvalue weighted by Gasteiger charge is 2.52. The Bertz CT molecular complexity index is 2450. The largest absolute Gasteiger partial charge is 0.507 e. The number of Topliss-reactive ketones (excluding diaryl/α,β-unsaturated/α-hetero) is 2. The maximum atomic E-state index is 14.9. The van der Waals surface area contributed by atoms with Gasteiger partial charge in [0.1, 0.15) is 22.9 Å². The Morgan fingerprint density at radius 1 is 0.928 bits per heavy atom. The zero-order valence-electron chi connectivity index (χ0n) is 41.7. The number of piperazine rings is 1.